The highest BCUT2D eigenvalue weighted by Gasteiger charge is 2.38. The molecule has 0 radical (unpaired) electrons. The van der Waals surface area contributed by atoms with Crippen LogP contribution in [-0.2, 0) is 20.8 Å². The van der Waals surface area contributed by atoms with Gasteiger partial charge in [-0.1, -0.05) is 36.4 Å². The zero-order chi connectivity index (χ0) is 20.8. The Bertz CT molecular complexity index is 929. The summed E-state index contributed by atoms with van der Waals surface area (Å²) in [5.41, 5.74) is 2.06. The Kier molecular flexibility index (Phi) is 6.23. The van der Waals surface area contributed by atoms with Crippen molar-refractivity contribution in [2.45, 2.75) is 25.8 Å². The molecule has 8 nitrogen and oxygen atoms in total. The van der Waals surface area contributed by atoms with Crippen LogP contribution in [-0.4, -0.2) is 41.2 Å². The van der Waals surface area contributed by atoms with Crippen molar-refractivity contribution in [3.8, 4) is 0 Å². The van der Waals surface area contributed by atoms with Crippen LogP contribution in [0.2, 0.25) is 0 Å². The molecule has 1 atom stereocenters. The van der Waals surface area contributed by atoms with Crippen molar-refractivity contribution in [1.29, 1.82) is 0 Å². The number of anilines is 2. The number of carbonyl (C=O) groups is 4. The first-order valence-electron chi connectivity index (χ1n) is 9.25. The maximum absolute atomic E-state index is 12.5. The van der Waals surface area contributed by atoms with Crippen LogP contribution in [0.5, 0.6) is 0 Å². The highest BCUT2D eigenvalue weighted by Crippen LogP contribution is 2.16. The largest absolute Gasteiger partial charge is 0.326 e. The molecule has 150 valence electrons. The molecule has 29 heavy (non-hydrogen) atoms. The monoisotopic (exact) mass is 394 g/mol. The molecule has 0 unspecified atom stereocenters. The molecule has 3 N–H and O–H groups in total. The number of benzene rings is 2. The molecule has 1 aliphatic rings. The topological polar surface area (TPSA) is 108 Å². The molecular formula is C21H22N4O4. The van der Waals surface area contributed by atoms with E-state index < -0.39 is 23.9 Å². The van der Waals surface area contributed by atoms with E-state index in [0.29, 0.717) is 24.2 Å². The molecule has 3 rings (SSSR count). The Morgan fingerprint density at radius 2 is 1.69 bits per heavy atom. The van der Waals surface area contributed by atoms with E-state index in [9.17, 15) is 19.2 Å². The molecule has 0 saturated carbocycles. The number of aryl methyl sites for hydroxylation is 1. The van der Waals surface area contributed by atoms with E-state index in [0.717, 1.165) is 10.5 Å². The lowest BCUT2D eigenvalue weighted by Gasteiger charge is -2.13. The summed E-state index contributed by atoms with van der Waals surface area (Å²) in [6.07, 6.45) is 1.11. The van der Waals surface area contributed by atoms with Gasteiger partial charge in [0.2, 0.25) is 11.8 Å². The van der Waals surface area contributed by atoms with E-state index in [1.165, 1.54) is 6.92 Å². The summed E-state index contributed by atoms with van der Waals surface area (Å²) >= 11 is 0. The van der Waals surface area contributed by atoms with E-state index in [-0.39, 0.29) is 12.5 Å². The van der Waals surface area contributed by atoms with Crippen LogP contribution < -0.4 is 16.0 Å². The third-order valence-electron chi connectivity index (χ3n) is 4.44. The molecule has 1 aliphatic heterocycles. The normalized spacial score (nSPS) is 15.8. The lowest BCUT2D eigenvalue weighted by atomic mass is 10.1. The predicted octanol–water partition coefficient (Wildman–Crippen LogP) is 2.14. The van der Waals surface area contributed by atoms with Gasteiger partial charge in [0, 0.05) is 18.3 Å². The Hall–Kier alpha value is -3.68. The van der Waals surface area contributed by atoms with Gasteiger partial charge >= 0.3 is 6.03 Å². The lowest BCUT2D eigenvalue weighted by molar-refractivity contribution is -0.130. The van der Waals surface area contributed by atoms with Gasteiger partial charge < -0.3 is 16.0 Å². The Labute approximate surface area is 168 Å². The van der Waals surface area contributed by atoms with Crippen molar-refractivity contribution in [2.24, 2.45) is 0 Å². The molecule has 0 spiro atoms. The third-order valence-corrected chi connectivity index (χ3v) is 4.44. The van der Waals surface area contributed by atoms with E-state index >= 15 is 0 Å². The fraction of sp³-hybridized carbons (Fsp3) is 0.238. The maximum Gasteiger partial charge on any atom is 0.325 e. The maximum atomic E-state index is 12.5. The van der Waals surface area contributed by atoms with Crippen LogP contribution in [0.25, 0.3) is 0 Å². The van der Waals surface area contributed by atoms with Crippen LogP contribution in [0, 0.1) is 0 Å². The first kappa shape index (κ1) is 20.1. The standard InChI is InChI=1S/C21H22N4O4/c1-14(26)22-16-8-5-9-17(12-16)23-19(27)13-25-20(28)18(24-21(25)29)11-10-15-6-3-2-4-7-15/h2-9,12,18H,10-11,13H2,1H3,(H,22,26)(H,23,27)(H,24,29)/t18-/m0/s1. The van der Waals surface area contributed by atoms with Crippen molar-refractivity contribution in [3.05, 3.63) is 60.2 Å². The Morgan fingerprint density at radius 1 is 1.00 bits per heavy atom. The minimum atomic E-state index is -0.640. The summed E-state index contributed by atoms with van der Waals surface area (Å²) in [6, 6.07) is 15.1. The fourth-order valence-electron chi connectivity index (χ4n) is 3.10. The number of hydrogen-bond donors (Lipinski definition) is 3. The fourth-order valence-corrected chi connectivity index (χ4v) is 3.10. The minimum Gasteiger partial charge on any atom is -0.326 e. The first-order valence-corrected chi connectivity index (χ1v) is 9.25. The average Bonchev–Trinajstić information content (AvgIpc) is 2.94. The van der Waals surface area contributed by atoms with E-state index in [1.54, 1.807) is 24.3 Å². The van der Waals surface area contributed by atoms with Crippen LogP contribution in [0.3, 0.4) is 0 Å². The number of nitrogens with zero attached hydrogens (tertiary/aromatic N) is 1. The van der Waals surface area contributed by atoms with Crippen molar-refractivity contribution in [3.63, 3.8) is 0 Å². The highest BCUT2D eigenvalue weighted by molar-refractivity contribution is 6.08. The second kappa shape index (κ2) is 9.01. The first-order chi connectivity index (χ1) is 13.9. The highest BCUT2D eigenvalue weighted by atomic mass is 16.2. The smallest absolute Gasteiger partial charge is 0.325 e. The van der Waals surface area contributed by atoms with Gasteiger partial charge in [-0.2, -0.15) is 0 Å². The van der Waals surface area contributed by atoms with E-state index in [1.807, 2.05) is 30.3 Å². The van der Waals surface area contributed by atoms with Gasteiger partial charge in [-0.15, -0.1) is 0 Å². The minimum absolute atomic E-state index is 0.227. The number of urea groups is 1. The number of imide groups is 1. The number of hydrogen-bond acceptors (Lipinski definition) is 4. The van der Waals surface area contributed by atoms with Gasteiger partial charge in [0.25, 0.3) is 5.91 Å². The quantitative estimate of drug-likeness (QED) is 0.625. The van der Waals surface area contributed by atoms with Crippen molar-refractivity contribution >= 4 is 35.1 Å². The molecular weight excluding hydrogens is 372 g/mol. The number of carbonyl (C=O) groups excluding carboxylic acids is 4. The molecule has 5 amide bonds. The Balaban J connectivity index is 1.55. The molecule has 2 aromatic rings. The molecule has 1 heterocycles. The van der Waals surface area contributed by atoms with Gasteiger partial charge in [-0.3, -0.25) is 19.3 Å². The summed E-state index contributed by atoms with van der Waals surface area (Å²) in [7, 11) is 0. The third kappa shape index (κ3) is 5.41. The number of rotatable bonds is 7. The van der Waals surface area contributed by atoms with Crippen LogP contribution in [0.15, 0.2) is 54.6 Å². The molecule has 0 aliphatic carbocycles. The van der Waals surface area contributed by atoms with E-state index in [4.69, 9.17) is 0 Å². The Morgan fingerprint density at radius 3 is 2.38 bits per heavy atom. The van der Waals surface area contributed by atoms with Gasteiger partial charge in [0.05, 0.1) is 0 Å². The molecule has 0 aromatic heterocycles. The lowest BCUT2D eigenvalue weighted by Crippen LogP contribution is -2.38. The second-order valence-corrected chi connectivity index (χ2v) is 6.76. The van der Waals surface area contributed by atoms with Gasteiger partial charge in [-0.25, -0.2) is 4.79 Å². The van der Waals surface area contributed by atoms with Crippen molar-refractivity contribution < 1.29 is 19.2 Å². The summed E-state index contributed by atoms with van der Waals surface area (Å²) in [4.78, 5) is 49.0. The average molecular weight is 394 g/mol. The molecule has 8 heteroatoms. The second-order valence-electron chi connectivity index (χ2n) is 6.76. The van der Waals surface area contributed by atoms with E-state index in [2.05, 4.69) is 16.0 Å². The molecule has 1 saturated heterocycles. The summed E-state index contributed by atoms with van der Waals surface area (Å²) in [6.45, 7) is 1.01. The van der Waals surface area contributed by atoms with Crippen molar-refractivity contribution in [1.82, 2.24) is 10.2 Å². The van der Waals surface area contributed by atoms with Crippen LogP contribution in [0.4, 0.5) is 16.2 Å². The molecule has 2 aromatic carbocycles. The predicted molar refractivity (Wildman–Crippen MR) is 108 cm³/mol. The summed E-state index contributed by atoms with van der Waals surface area (Å²) < 4.78 is 0. The zero-order valence-corrected chi connectivity index (χ0v) is 16.0. The number of nitrogens with one attached hydrogen (secondary N) is 3. The number of amides is 5. The van der Waals surface area contributed by atoms with Gasteiger partial charge in [0.15, 0.2) is 0 Å². The zero-order valence-electron chi connectivity index (χ0n) is 16.0. The summed E-state index contributed by atoms with van der Waals surface area (Å²) in [5.74, 6) is -1.14. The summed E-state index contributed by atoms with van der Waals surface area (Å²) in [5, 5.41) is 7.89. The SMILES string of the molecule is CC(=O)Nc1cccc(NC(=O)CN2C(=O)N[C@@H](CCc3ccccc3)C2=O)c1. The van der Waals surface area contributed by atoms with Gasteiger partial charge in [-0.05, 0) is 36.6 Å². The van der Waals surface area contributed by atoms with Gasteiger partial charge in [0.1, 0.15) is 12.6 Å². The van der Waals surface area contributed by atoms with Crippen LogP contribution in [0.1, 0.15) is 18.9 Å². The van der Waals surface area contributed by atoms with Crippen molar-refractivity contribution in [2.75, 3.05) is 17.2 Å². The molecule has 1 fully saturated rings. The van der Waals surface area contributed by atoms with Crippen LogP contribution >= 0.6 is 0 Å². The molecule has 0 bridgehead atoms.